The molecule has 1 N–H and O–H groups in total. The third-order valence-corrected chi connectivity index (χ3v) is 4.31. The van der Waals surface area contributed by atoms with E-state index in [4.69, 9.17) is 9.26 Å². The molecule has 0 atom stereocenters. The number of ether oxygens (including phenoxy) is 3. The molecule has 1 aromatic heterocycles. The van der Waals surface area contributed by atoms with Gasteiger partial charge in [-0.3, -0.25) is 14.9 Å². The summed E-state index contributed by atoms with van der Waals surface area (Å²) in [4.78, 5) is 47.2. The van der Waals surface area contributed by atoms with Gasteiger partial charge < -0.3 is 18.7 Å². The number of carbonyl (C=O) groups excluding carboxylic acids is 4. The summed E-state index contributed by atoms with van der Waals surface area (Å²) in [6, 6.07) is 0. The third kappa shape index (κ3) is 4.49. The highest BCUT2D eigenvalue weighted by atomic mass is 32.2. The number of methoxy groups -OCH3 is 2. The summed E-state index contributed by atoms with van der Waals surface area (Å²) < 4.78 is 18.9. The molecule has 1 aromatic rings. The van der Waals surface area contributed by atoms with Gasteiger partial charge in [-0.1, -0.05) is 5.16 Å². The number of carbonyl (C=O) groups is 4. The van der Waals surface area contributed by atoms with Crippen LogP contribution in [0.1, 0.15) is 37.8 Å². The van der Waals surface area contributed by atoms with Gasteiger partial charge in [0.1, 0.15) is 12.3 Å². The Morgan fingerprint density at radius 2 is 2.04 bits per heavy atom. The van der Waals surface area contributed by atoms with Crippen LogP contribution in [-0.4, -0.2) is 62.1 Å². The zero-order valence-electron chi connectivity index (χ0n) is 14.0. The minimum atomic E-state index is -0.853. The van der Waals surface area contributed by atoms with Gasteiger partial charge in [0.05, 0.1) is 19.1 Å². The second kappa shape index (κ2) is 9.15. The number of alkyl carbamates (subject to hydrolysis) is 1. The van der Waals surface area contributed by atoms with E-state index in [0.29, 0.717) is 18.8 Å². The summed E-state index contributed by atoms with van der Waals surface area (Å²) in [5, 5.41) is 5.81. The van der Waals surface area contributed by atoms with Crippen LogP contribution in [0.3, 0.4) is 0 Å². The molecule has 1 amide bonds. The van der Waals surface area contributed by atoms with Crippen molar-refractivity contribution in [3.63, 3.8) is 0 Å². The normalized spacial score (nSPS) is 13.1. The zero-order chi connectivity index (χ0) is 19.1. The Kier molecular flexibility index (Phi) is 6.92. The average molecular weight is 384 g/mol. The fourth-order valence-corrected chi connectivity index (χ4v) is 2.89. The third-order valence-electron chi connectivity index (χ3n) is 3.20. The number of allylic oxidation sites excluding steroid dienone is 2. The Hall–Kier alpha value is -2.66. The van der Waals surface area contributed by atoms with Crippen molar-refractivity contribution in [2.45, 2.75) is 6.42 Å². The molecule has 0 bridgehead atoms. The predicted octanol–water partition coefficient (Wildman–Crippen LogP) is 1.18. The molecule has 140 valence electrons. The fourth-order valence-electron chi connectivity index (χ4n) is 1.98. The molecule has 0 aromatic carbocycles. The number of Topliss-reactive ketones (excluding diaryl/α,β-unsaturated/α-hetero) is 1. The first-order chi connectivity index (χ1) is 12.5. The van der Waals surface area contributed by atoms with Crippen molar-refractivity contribution in [1.29, 1.82) is 0 Å². The number of thioether (sulfide) groups is 1. The van der Waals surface area contributed by atoms with Crippen LogP contribution in [0, 0.1) is 0 Å². The Labute approximate surface area is 152 Å². The molecule has 11 heteroatoms. The van der Waals surface area contributed by atoms with E-state index in [1.807, 2.05) is 0 Å². The highest BCUT2D eigenvalue weighted by Crippen LogP contribution is 2.30. The van der Waals surface area contributed by atoms with Gasteiger partial charge in [-0.05, 0) is 6.42 Å². The minimum Gasteiger partial charge on any atom is -0.464 e. The van der Waals surface area contributed by atoms with Crippen LogP contribution < -0.4 is 5.32 Å². The smallest absolute Gasteiger partial charge is 0.408 e. The number of nitrogens with zero attached hydrogens (tertiary/aromatic N) is 1. The van der Waals surface area contributed by atoms with Crippen molar-refractivity contribution in [3.8, 4) is 0 Å². The number of rotatable bonds is 8. The van der Waals surface area contributed by atoms with Crippen LogP contribution in [0.4, 0.5) is 4.79 Å². The molecule has 0 aliphatic heterocycles. The number of hydrogen-bond acceptors (Lipinski definition) is 10. The standard InChI is InChI=1S/C15H16N2O8S/c1-22-14(20)11-10-12(19)9(6-8(18)13(10)25-17-11)26-5-3-4-24-7-16-15(21)23-2/h6H,3-5,7H2,1-2H3,(H,16,21). The van der Waals surface area contributed by atoms with Gasteiger partial charge in [-0.25, -0.2) is 9.59 Å². The number of aromatic nitrogens is 1. The van der Waals surface area contributed by atoms with Gasteiger partial charge in [-0.15, -0.1) is 11.8 Å². The molecule has 1 aliphatic rings. The van der Waals surface area contributed by atoms with Crippen molar-refractivity contribution in [2.24, 2.45) is 0 Å². The molecular weight excluding hydrogens is 368 g/mol. The molecule has 0 radical (unpaired) electrons. The highest BCUT2D eigenvalue weighted by molar-refractivity contribution is 8.04. The molecule has 26 heavy (non-hydrogen) atoms. The molecule has 0 saturated carbocycles. The molecule has 10 nitrogen and oxygen atoms in total. The Balaban J connectivity index is 1.87. The van der Waals surface area contributed by atoms with Gasteiger partial charge in [0, 0.05) is 18.4 Å². The second-order valence-electron chi connectivity index (χ2n) is 4.85. The number of hydrogen-bond donors (Lipinski definition) is 1. The lowest BCUT2D eigenvalue weighted by molar-refractivity contribution is 0.0586. The van der Waals surface area contributed by atoms with Crippen molar-refractivity contribution in [3.05, 3.63) is 28.0 Å². The van der Waals surface area contributed by atoms with Crippen molar-refractivity contribution in [2.75, 3.05) is 33.3 Å². The number of esters is 1. The number of fused-ring (bicyclic) bond motifs is 1. The van der Waals surface area contributed by atoms with Crippen molar-refractivity contribution >= 4 is 35.4 Å². The first-order valence-electron chi connectivity index (χ1n) is 7.40. The Morgan fingerprint density at radius 3 is 2.73 bits per heavy atom. The summed E-state index contributed by atoms with van der Waals surface area (Å²) >= 11 is 1.15. The topological polar surface area (TPSA) is 134 Å². The van der Waals surface area contributed by atoms with Crippen LogP contribution >= 0.6 is 11.8 Å². The van der Waals surface area contributed by atoms with E-state index in [2.05, 4.69) is 19.9 Å². The van der Waals surface area contributed by atoms with Crippen LogP contribution in [-0.2, 0) is 14.2 Å². The van der Waals surface area contributed by atoms with Gasteiger partial charge in [0.15, 0.2) is 0 Å². The number of nitrogens with one attached hydrogen (secondary N) is 1. The molecular formula is C15H16N2O8S. The maximum atomic E-state index is 12.5. The van der Waals surface area contributed by atoms with Crippen molar-refractivity contribution in [1.82, 2.24) is 10.5 Å². The van der Waals surface area contributed by atoms with Gasteiger partial charge in [0.2, 0.25) is 23.0 Å². The van der Waals surface area contributed by atoms with E-state index < -0.39 is 23.6 Å². The highest BCUT2D eigenvalue weighted by Gasteiger charge is 2.36. The van der Waals surface area contributed by atoms with Crippen LogP contribution in [0.2, 0.25) is 0 Å². The lowest BCUT2D eigenvalue weighted by atomic mass is 10.00. The zero-order valence-corrected chi connectivity index (χ0v) is 14.8. The van der Waals surface area contributed by atoms with Crippen LogP contribution in [0.25, 0.3) is 0 Å². The van der Waals surface area contributed by atoms with E-state index in [1.54, 1.807) is 0 Å². The largest absolute Gasteiger partial charge is 0.464 e. The lowest BCUT2D eigenvalue weighted by Gasteiger charge is -2.10. The van der Waals surface area contributed by atoms with Gasteiger partial charge in [0.25, 0.3) is 0 Å². The molecule has 1 heterocycles. The van der Waals surface area contributed by atoms with E-state index in [0.717, 1.165) is 24.9 Å². The van der Waals surface area contributed by atoms with Gasteiger partial charge in [-0.2, -0.15) is 0 Å². The first kappa shape index (κ1) is 19.7. The van der Waals surface area contributed by atoms with Crippen LogP contribution in [0.5, 0.6) is 0 Å². The summed E-state index contributed by atoms with van der Waals surface area (Å²) in [6.07, 6.45) is 1.12. The predicted molar refractivity (Wildman–Crippen MR) is 88.0 cm³/mol. The molecule has 0 saturated heterocycles. The maximum absolute atomic E-state index is 12.5. The first-order valence-corrected chi connectivity index (χ1v) is 8.39. The average Bonchev–Trinajstić information content (AvgIpc) is 3.09. The van der Waals surface area contributed by atoms with E-state index in [9.17, 15) is 19.2 Å². The molecule has 0 unspecified atom stereocenters. The van der Waals surface area contributed by atoms with Crippen molar-refractivity contribution < 1.29 is 37.9 Å². The fraction of sp³-hybridized carbons (Fsp3) is 0.400. The summed E-state index contributed by atoms with van der Waals surface area (Å²) in [5.74, 6) is -1.69. The van der Waals surface area contributed by atoms with Gasteiger partial charge >= 0.3 is 12.1 Å². The van der Waals surface area contributed by atoms with E-state index in [1.165, 1.54) is 7.11 Å². The number of ketones is 2. The maximum Gasteiger partial charge on any atom is 0.408 e. The summed E-state index contributed by atoms with van der Waals surface area (Å²) in [5.41, 5.74) is -0.491. The van der Waals surface area contributed by atoms with Crippen LogP contribution in [0.15, 0.2) is 15.5 Å². The monoisotopic (exact) mass is 384 g/mol. The molecule has 0 fully saturated rings. The Bertz CT molecular complexity index is 755. The lowest BCUT2D eigenvalue weighted by Crippen LogP contribution is -2.26. The minimum absolute atomic E-state index is 0.00396. The number of amides is 1. The van der Waals surface area contributed by atoms with E-state index in [-0.39, 0.29) is 28.7 Å². The molecule has 2 rings (SSSR count). The van der Waals surface area contributed by atoms with E-state index >= 15 is 0 Å². The quantitative estimate of drug-likeness (QED) is 0.395. The molecule has 1 aliphatic carbocycles. The Morgan fingerprint density at radius 1 is 1.27 bits per heavy atom. The summed E-state index contributed by atoms with van der Waals surface area (Å²) in [6.45, 7) is 0.336. The second-order valence-corrected chi connectivity index (χ2v) is 5.99. The summed E-state index contributed by atoms with van der Waals surface area (Å²) in [7, 11) is 2.38. The molecule has 0 spiro atoms. The SMILES string of the molecule is COC(=O)NCOCCCSC1=CC(=O)c2onc(C(=O)OC)c2C1=O.